The molecule has 0 unspecified atom stereocenters. The molecule has 0 saturated carbocycles. The van der Waals surface area contributed by atoms with Gasteiger partial charge in [-0.05, 0) is 0 Å². The summed E-state index contributed by atoms with van der Waals surface area (Å²) < 4.78 is 63.1. The van der Waals surface area contributed by atoms with Crippen molar-refractivity contribution in [3.05, 3.63) is 0 Å². The van der Waals surface area contributed by atoms with Crippen molar-refractivity contribution in [1.29, 1.82) is 0 Å². The molecule has 0 atom stereocenters. The molecule has 125 valence electrons. The van der Waals surface area contributed by atoms with E-state index in [-0.39, 0.29) is 39.0 Å². The number of rotatable bonds is 0. The second-order valence-electron chi connectivity index (χ2n) is 1.57. The van der Waals surface area contributed by atoms with Gasteiger partial charge in [0.15, 0.2) is 0 Å². The van der Waals surface area contributed by atoms with Gasteiger partial charge in [-0.3, -0.25) is 0 Å². The Kier molecular flexibility index (Phi) is 33.8. The second-order valence-corrected chi connectivity index (χ2v) is 1.57. The number of carboxylic acid groups (broad SMARTS) is 2. The third kappa shape index (κ3) is 31.6. The summed E-state index contributed by atoms with van der Waals surface area (Å²) in [6.07, 6.45) is -10.4. The van der Waals surface area contributed by atoms with Crippen LogP contribution in [0.3, 0.4) is 0 Å². The molecule has 0 aromatic rings. The van der Waals surface area contributed by atoms with Crippen molar-refractivity contribution >= 4 is 11.9 Å². The van der Waals surface area contributed by atoms with Gasteiger partial charge in [-0.2, -0.15) is 26.3 Å². The van der Waals surface area contributed by atoms with Crippen molar-refractivity contribution in [3.63, 3.8) is 0 Å². The first-order chi connectivity index (χ1) is 5.89. The first-order valence-electron chi connectivity index (χ1n) is 2.45. The molecule has 0 bridgehead atoms. The molecule has 0 saturated heterocycles. The Morgan fingerprint density at radius 2 is 0.684 bits per heavy atom. The van der Waals surface area contributed by atoms with Crippen LogP contribution in [0.2, 0.25) is 0 Å². The van der Waals surface area contributed by atoms with Gasteiger partial charge in [0, 0.05) is 0 Å². The van der Waals surface area contributed by atoms with E-state index in [1.165, 1.54) is 0 Å². The maximum Gasteiger partial charge on any atom is 2.00 e. The van der Waals surface area contributed by atoms with Gasteiger partial charge in [0.1, 0.15) is 11.9 Å². The number of carbonyl (C=O) groups is 2. The Hall–Kier alpha value is -1.12. The predicted octanol–water partition coefficient (Wildman–Crippen LogP) is -4.70. The summed E-state index contributed by atoms with van der Waals surface area (Å²) in [7, 11) is 0. The molecule has 19 heavy (non-hydrogen) atoms. The summed E-state index contributed by atoms with van der Waals surface area (Å²) in [5.74, 6) is -6.01. The zero-order chi connectivity index (χ0) is 12.2. The number of carbonyl (C=O) groups excluding carboxylic acids is 2. The molecule has 0 spiro atoms. The van der Waals surface area contributed by atoms with Gasteiger partial charge >= 0.3 is 29.4 Å². The van der Waals surface area contributed by atoms with E-state index in [1.54, 1.807) is 0 Å². The number of aliphatic carboxylic acids is 2. The maximum atomic E-state index is 10.5. The van der Waals surface area contributed by atoms with Crippen LogP contribution in [0.25, 0.3) is 0 Å². The predicted molar refractivity (Wildman–Crippen MR) is 36.6 cm³/mol. The maximum absolute atomic E-state index is 10.5. The SMILES string of the molecule is O.O.O.O.O=C([O-])C(F)(F)F.O=C([O-])C(F)(F)F.[Cu+2]. The van der Waals surface area contributed by atoms with Gasteiger partial charge in [0.05, 0.1) is 0 Å². The van der Waals surface area contributed by atoms with Crippen molar-refractivity contribution in [1.82, 2.24) is 0 Å². The molecular weight excluding hydrogens is 354 g/mol. The van der Waals surface area contributed by atoms with Crippen molar-refractivity contribution in [3.8, 4) is 0 Å². The molecule has 0 aliphatic carbocycles. The Balaban J connectivity index is -0.0000000240. The molecule has 0 amide bonds. The molecule has 1 radical (unpaired) electrons. The zero-order valence-electron chi connectivity index (χ0n) is 8.20. The van der Waals surface area contributed by atoms with Gasteiger partial charge < -0.3 is 41.7 Å². The van der Waals surface area contributed by atoms with E-state index < -0.39 is 24.3 Å². The second kappa shape index (κ2) is 14.9. The number of alkyl halides is 6. The third-order valence-electron chi connectivity index (χ3n) is 0.463. The molecule has 15 heteroatoms. The minimum absolute atomic E-state index is 0. The van der Waals surface area contributed by atoms with Crippen LogP contribution in [0.15, 0.2) is 0 Å². The molecule has 0 heterocycles. The van der Waals surface area contributed by atoms with Crippen LogP contribution in [0.5, 0.6) is 0 Å². The normalized spacial score (nSPS) is 8.32. The van der Waals surface area contributed by atoms with Crippen molar-refractivity contribution in [2.75, 3.05) is 0 Å². The van der Waals surface area contributed by atoms with Crippen LogP contribution in [0, 0.1) is 0 Å². The summed E-state index contributed by atoms with van der Waals surface area (Å²) in [5, 5.41) is 17.6. The number of hydrogen-bond acceptors (Lipinski definition) is 4. The summed E-state index contributed by atoms with van der Waals surface area (Å²) in [6, 6.07) is 0. The van der Waals surface area contributed by atoms with Crippen LogP contribution in [-0.4, -0.2) is 46.2 Å². The Morgan fingerprint density at radius 1 is 0.632 bits per heavy atom. The molecule has 0 aromatic carbocycles. The van der Waals surface area contributed by atoms with Gasteiger partial charge in [0.2, 0.25) is 0 Å². The van der Waals surface area contributed by atoms with Crippen LogP contribution < -0.4 is 10.2 Å². The zero-order valence-corrected chi connectivity index (χ0v) is 9.14. The molecule has 0 aromatic heterocycles. The molecular formula is C4H8CuF6O8. The Morgan fingerprint density at radius 3 is 0.684 bits per heavy atom. The average Bonchev–Trinajstić information content (AvgIpc) is 1.83. The van der Waals surface area contributed by atoms with E-state index in [0.717, 1.165) is 0 Å². The van der Waals surface area contributed by atoms with E-state index in [4.69, 9.17) is 19.8 Å². The van der Waals surface area contributed by atoms with Crippen molar-refractivity contribution in [2.24, 2.45) is 0 Å². The average molecular weight is 362 g/mol. The van der Waals surface area contributed by atoms with E-state index >= 15 is 0 Å². The molecule has 8 nitrogen and oxygen atoms in total. The molecule has 0 fully saturated rings. The Bertz CT molecular complexity index is 202. The van der Waals surface area contributed by atoms with E-state index in [9.17, 15) is 26.3 Å². The third-order valence-corrected chi connectivity index (χ3v) is 0.463. The van der Waals surface area contributed by atoms with Gasteiger partial charge in [0.25, 0.3) is 0 Å². The van der Waals surface area contributed by atoms with Crippen molar-refractivity contribution < 1.29 is 85.1 Å². The fraction of sp³-hybridized carbons (Fsp3) is 0.500. The molecule has 0 aliphatic heterocycles. The molecule has 0 rings (SSSR count). The minimum Gasteiger partial charge on any atom is -0.542 e. The molecule has 0 aliphatic rings. The Labute approximate surface area is 110 Å². The summed E-state index contributed by atoms with van der Waals surface area (Å²) >= 11 is 0. The monoisotopic (exact) mass is 361 g/mol. The van der Waals surface area contributed by atoms with E-state index in [2.05, 4.69) is 0 Å². The number of hydrogen-bond donors (Lipinski definition) is 0. The summed E-state index contributed by atoms with van der Waals surface area (Å²) in [6.45, 7) is 0. The summed E-state index contributed by atoms with van der Waals surface area (Å²) in [4.78, 5) is 17.6. The smallest absolute Gasteiger partial charge is 0.542 e. The minimum atomic E-state index is -5.19. The fourth-order valence-corrected chi connectivity index (χ4v) is 0. The van der Waals surface area contributed by atoms with Crippen LogP contribution >= 0.6 is 0 Å². The fourth-order valence-electron chi connectivity index (χ4n) is 0. The number of carboxylic acids is 2. The first-order valence-corrected chi connectivity index (χ1v) is 2.45. The quantitative estimate of drug-likeness (QED) is 0.307. The van der Waals surface area contributed by atoms with Gasteiger partial charge in [-0.1, -0.05) is 0 Å². The van der Waals surface area contributed by atoms with E-state index in [1.807, 2.05) is 0 Å². The van der Waals surface area contributed by atoms with E-state index in [0.29, 0.717) is 0 Å². The summed E-state index contributed by atoms with van der Waals surface area (Å²) in [5.41, 5.74) is 0. The van der Waals surface area contributed by atoms with Gasteiger partial charge in [-0.15, -0.1) is 0 Å². The molecule has 8 N–H and O–H groups in total. The topological polar surface area (TPSA) is 206 Å². The van der Waals surface area contributed by atoms with Crippen LogP contribution in [-0.2, 0) is 26.7 Å². The first kappa shape index (κ1) is 43.0. The number of halogens is 6. The van der Waals surface area contributed by atoms with Crippen LogP contribution in [0.1, 0.15) is 0 Å². The largest absolute Gasteiger partial charge is 2.00 e. The van der Waals surface area contributed by atoms with Crippen LogP contribution in [0.4, 0.5) is 26.3 Å². The van der Waals surface area contributed by atoms with Crippen molar-refractivity contribution in [2.45, 2.75) is 12.4 Å². The standard InChI is InChI=1S/2C2HF3O2.Cu.4H2O/c2*3-2(4,5)1(6)7;;;;;/h2*(H,6,7);;4*1H2/q;;+2;;;;/p-2. The van der Waals surface area contributed by atoms with Gasteiger partial charge in [-0.25, -0.2) is 0 Å².